The number of anilines is 2. The van der Waals surface area contributed by atoms with Crippen molar-refractivity contribution in [3.8, 4) is 27.9 Å². The Balaban J connectivity index is 1.12. The average Bonchev–Trinajstić information content (AvgIpc) is 3.79. The van der Waals surface area contributed by atoms with Crippen LogP contribution in [0.3, 0.4) is 0 Å². The Morgan fingerprint density at radius 3 is 1.44 bits per heavy atom. The van der Waals surface area contributed by atoms with E-state index >= 15 is 0 Å². The van der Waals surface area contributed by atoms with Crippen LogP contribution in [0, 0.1) is 0 Å². The van der Waals surface area contributed by atoms with Crippen molar-refractivity contribution in [3.63, 3.8) is 0 Å². The fourth-order valence-corrected chi connectivity index (χ4v) is 9.37. The van der Waals surface area contributed by atoms with Crippen LogP contribution in [-0.2, 0) is 5.41 Å². The highest BCUT2D eigenvalue weighted by molar-refractivity contribution is 6.11. The summed E-state index contributed by atoms with van der Waals surface area (Å²) < 4.78 is 2.43. The number of fused-ring (bicyclic) bond motifs is 14. The third kappa shape index (κ3) is 3.42. The molecule has 11 rings (SSSR count). The summed E-state index contributed by atoms with van der Waals surface area (Å²) in [6.45, 7) is 0. The molecule has 0 N–H and O–H groups in total. The lowest BCUT2D eigenvalue weighted by atomic mass is 9.70. The third-order valence-corrected chi connectivity index (χ3v) is 11.4. The van der Waals surface area contributed by atoms with Crippen molar-refractivity contribution < 1.29 is 0 Å². The monoisotopic (exact) mass is 636 g/mol. The maximum absolute atomic E-state index is 2.46. The molecule has 0 saturated carbocycles. The van der Waals surface area contributed by atoms with Gasteiger partial charge in [-0.1, -0.05) is 140 Å². The van der Waals surface area contributed by atoms with E-state index in [1.807, 2.05) is 0 Å². The molecule has 0 bridgehead atoms. The Labute approximate surface area is 291 Å². The van der Waals surface area contributed by atoms with Crippen LogP contribution in [-0.4, -0.2) is 11.6 Å². The van der Waals surface area contributed by atoms with E-state index in [0.29, 0.717) is 0 Å². The van der Waals surface area contributed by atoms with Crippen molar-refractivity contribution in [2.75, 3.05) is 11.9 Å². The number of para-hydroxylation sites is 2. The molecule has 0 radical (unpaired) electrons. The van der Waals surface area contributed by atoms with Crippen LogP contribution in [0.2, 0.25) is 0 Å². The predicted octanol–water partition coefficient (Wildman–Crippen LogP) is 12.0. The van der Waals surface area contributed by atoms with Gasteiger partial charge in [0.15, 0.2) is 0 Å². The molecule has 1 aromatic heterocycles. The summed E-state index contributed by atoms with van der Waals surface area (Å²) in [6, 6.07) is 65.2. The van der Waals surface area contributed by atoms with Gasteiger partial charge < -0.3 is 9.47 Å². The first-order valence-electron chi connectivity index (χ1n) is 17.4. The molecule has 0 aliphatic heterocycles. The summed E-state index contributed by atoms with van der Waals surface area (Å²) in [6.07, 6.45) is 0. The zero-order valence-corrected chi connectivity index (χ0v) is 27.6. The molecule has 8 aromatic carbocycles. The lowest BCUT2D eigenvalue weighted by molar-refractivity contribution is 0.793. The summed E-state index contributed by atoms with van der Waals surface area (Å²) in [7, 11) is 2.22. The molecule has 0 amide bonds. The van der Waals surface area contributed by atoms with Crippen molar-refractivity contribution >= 4 is 44.0 Å². The maximum Gasteiger partial charge on any atom is 0.0726 e. The topological polar surface area (TPSA) is 8.17 Å². The Morgan fingerprint density at radius 2 is 0.860 bits per heavy atom. The van der Waals surface area contributed by atoms with Crippen LogP contribution >= 0.6 is 0 Å². The largest absolute Gasteiger partial charge is 0.344 e. The number of hydrogen-bond acceptors (Lipinski definition) is 1. The fourth-order valence-electron chi connectivity index (χ4n) is 9.37. The van der Waals surface area contributed by atoms with E-state index < -0.39 is 0 Å². The van der Waals surface area contributed by atoms with Gasteiger partial charge in [0.05, 0.1) is 22.1 Å². The molecule has 0 fully saturated rings. The van der Waals surface area contributed by atoms with E-state index in [4.69, 9.17) is 0 Å². The highest BCUT2D eigenvalue weighted by Gasteiger charge is 2.51. The standard InChI is InChI=1S/C48H32N2/c1-49(44-28-29-47(37-18-3-2-17-36(37)44)50-45-24-12-7-19-38(45)39-20-8-13-25-46(39)50)31-26-27-35-34-16-6-11-23-42(34)48(43(35)30-31)40-21-9-4-14-32(40)33-15-5-10-22-41(33)48/h2-30H,1H3. The molecule has 50 heavy (non-hydrogen) atoms. The normalized spacial score (nSPS) is 13.5. The summed E-state index contributed by atoms with van der Waals surface area (Å²) in [5, 5.41) is 5.00. The number of rotatable bonds is 3. The minimum absolute atomic E-state index is 0.363. The molecular formula is C48H32N2. The van der Waals surface area contributed by atoms with Gasteiger partial charge in [0.1, 0.15) is 0 Å². The number of nitrogens with zero attached hydrogens (tertiary/aromatic N) is 2. The smallest absolute Gasteiger partial charge is 0.0726 e. The first-order chi connectivity index (χ1) is 24.7. The van der Waals surface area contributed by atoms with Crippen LogP contribution in [0.1, 0.15) is 22.3 Å². The molecule has 1 spiro atoms. The number of benzene rings is 8. The van der Waals surface area contributed by atoms with E-state index in [9.17, 15) is 0 Å². The Morgan fingerprint density at radius 1 is 0.400 bits per heavy atom. The fraction of sp³-hybridized carbons (Fsp3) is 0.0417. The Hall–Kier alpha value is -6.38. The van der Waals surface area contributed by atoms with E-state index in [0.717, 1.165) is 0 Å². The molecule has 2 aliphatic rings. The SMILES string of the molecule is CN(c1ccc2c(c1)C1(c3ccccc3-c3ccccc31)c1ccccc1-2)c1ccc(-n2c3ccccc3c3ccccc32)c2ccccc12. The van der Waals surface area contributed by atoms with Crippen molar-refractivity contribution in [1.82, 2.24) is 4.57 Å². The number of hydrogen-bond donors (Lipinski definition) is 0. The van der Waals surface area contributed by atoms with Gasteiger partial charge in [-0.25, -0.2) is 0 Å². The van der Waals surface area contributed by atoms with E-state index in [1.165, 1.54) is 94.1 Å². The molecule has 0 atom stereocenters. The molecule has 1 heterocycles. The van der Waals surface area contributed by atoms with Crippen LogP contribution in [0.4, 0.5) is 11.4 Å². The average molecular weight is 637 g/mol. The van der Waals surface area contributed by atoms with Gasteiger partial charge in [-0.2, -0.15) is 0 Å². The Kier molecular flexibility index (Phi) is 5.55. The third-order valence-electron chi connectivity index (χ3n) is 11.4. The quantitative estimate of drug-likeness (QED) is 0.187. The van der Waals surface area contributed by atoms with Gasteiger partial charge in [0.2, 0.25) is 0 Å². The highest BCUT2D eigenvalue weighted by atomic mass is 15.1. The van der Waals surface area contributed by atoms with Crippen molar-refractivity contribution in [1.29, 1.82) is 0 Å². The molecule has 2 heteroatoms. The molecule has 234 valence electrons. The zero-order chi connectivity index (χ0) is 33.0. The van der Waals surface area contributed by atoms with Crippen molar-refractivity contribution in [2.24, 2.45) is 0 Å². The van der Waals surface area contributed by atoms with Gasteiger partial charge in [-0.3, -0.25) is 0 Å². The lowest BCUT2D eigenvalue weighted by Gasteiger charge is -2.31. The minimum Gasteiger partial charge on any atom is -0.344 e. The van der Waals surface area contributed by atoms with Gasteiger partial charge in [0.25, 0.3) is 0 Å². The Bertz CT molecular complexity index is 2740. The van der Waals surface area contributed by atoms with E-state index in [2.05, 4.69) is 192 Å². The van der Waals surface area contributed by atoms with Gasteiger partial charge in [-0.15, -0.1) is 0 Å². The molecule has 0 saturated heterocycles. The lowest BCUT2D eigenvalue weighted by Crippen LogP contribution is -2.26. The van der Waals surface area contributed by atoms with Crippen LogP contribution in [0.5, 0.6) is 0 Å². The second-order valence-electron chi connectivity index (χ2n) is 13.7. The van der Waals surface area contributed by atoms with Gasteiger partial charge >= 0.3 is 0 Å². The highest BCUT2D eigenvalue weighted by Crippen LogP contribution is 2.63. The summed E-state index contributed by atoms with van der Waals surface area (Å²) in [5.74, 6) is 0. The van der Waals surface area contributed by atoms with Gasteiger partial charge in [-0.05, 0) is 80.9 Å². The molecular weight excluding hydrogens is 605 g/mol. The van der Waals surface area contributed by atoms with Crippen LogP contribution < -0.4 is 4.90 Å². The van der Waals surface area contributed by atoms with E-state index in [1.54, 1.807) is 0 Å². The summed E-state index contributed by atoms with van der Waals surface area (Å²) >= 11 is 0. The minimum atomic E-state index is -0.363. The van der Waals surface area contributed by atoms with Crippen LogP contribution in [0.15, 0.2) is 176 Å². The summed E-state index contributed by atoms with van der Waals surface area (Å²) in [4.78, 5) is 2.38. The van der Waals surface area contributed by atoms with Crippen molar-refractivity contribution in [2.45, 2.75) is 5.41 Å². The van der Waals surface area contributed by atoms with Crippen molar-refractivity contribution in [3.05, 3.63) is 198 Å². The number of aromatic nitrogens is 1. The molecule has 0 unspecified atom stereocenters. The predicted molar refractivity (Wildman–Crippen MR) is 209 cm³/mol. The molecule has 9 aromatic rings. The summed E-state index contributed by atoms with van der Waals surface area (Å²) in [5.41, 5.74) is 16.4. The molecule has 2 nitrogen and oxygen atoms in total. The van der Waals surface area contributed by atoms with E-state index in [-0.39, 0.29) is 5.41 Å². The first-order valence-corrected chi connectivity index (χ1v) is 17.4. The maximum atomic E-state index is 2.46. The second kappa shape index (κ2) is 10.1. The zero-order valence-electron chi connectivity index (χ0n) is 27.6. The van der Waals surface area contributed by atoms with Crippen LogP contribution in [0.25, 0.3) is 60.5 Å². The second-order valence-corrected chi connectivity index (χ2v) is 13.7. The molecule has 2 aliphatic carbocycles. The first kappa shape index (κ1) is 27.6. The van der Waals surface area contributed by atoms with Gasteiger partial charge in [0, 0.05) is 40.0 Å².